The summed E-state index contributed by atoms with van der Waals surface area (Å²) in [5.41, 5.74) is 1.75. The van der Waals surface area contributed by atoms with Crippen molar-refractivity contribution in [1.82, 2.24) is 10.6 Å². The largest absolute Gasteiger partial charge is 0.459 e. The van der Waals surface area contributed by atoms with E-state index in [9.17, 15) is 4.79 Å². The van der Waals surface area contributed by atoms with Crippen LogP contribution in [0.3, 0.4) is 0 Å². The van der Waals surface area contributed by atoms with E-state index in [0.29, 0.717) is 32.0 Å². The molecule has 7 heteroatoms. The summed E-state index contributed by atoms with van der Waals surface area (Å²) in [7, 11) is 0. The third-order valence-corrected chi connectivity index (χ3v) is 4.18. The number of hydrogen-bond acceptors (Lipinski definition) is 3. The van der Waals surface area contributed by atoms with E-state index in [0.717, 1.165) is 0 Å². The SMILES string of the molecule is CC1=C(C(=O)OC(C)C)C(c2cccc(Cl)c2Cl)NC(=S)N1. The van der Waals surface area contributed by atoms with E-state index in [1.165, 1.54) is 0 Å². The summed E-state index contributed by atoms with van der Waals surface area (Å²) in [4.78, 5) is 12.4. The van der Waals surface area contributed by atoms with Crippen LogP contribution in [0.15, 0.2) is 29.5 Å². The number of nitrogens with one attached hydrogen (secondary N) is 2. The third-order valence-electron chi connectivity index (χ3n) is 3.12. The highest BCUT2D eigenvalue weighted by molar-refractivity contribution is 7.80. The van der Waals surface area contributed by atoms with E-state index < -0.39 is 12.0 Å². The first-order chi connectivity index (χ1) is 10.3. The number of esters is 1. The minimum atomic E-state index is -0.508. The van der Waals surface area contributed by atoms with Gasteiger partial charge in [-0.15, -0.1) is 0 Å². The number of carbonyl (C=O) groups excluding carboxylic acids is 1. The molecule has 0 amide bonds. The normalized spacial score (nSPS) is 18.1. The predicted molar refractivity (Wildman–Crippen MR) is 92.0 cm³/mol. The molecule has 0 aromatic heterocycles. The van der Waals surface area contributed by atoms with Crippen LogP contribution in [0.5, 0.6) is 0 Å². The van der Waals surface area contributed by atoms with Crippen LogP contribution in [0, 0.1) is 0 Å². The second-order valence-electron chi connectivity index (χ2n) is 5.17. The van der Waals surface area contributed by atoms with E-state index >= 15 is 0 Å². The molecule has 0 spiro atoms. The van der Waals surface area contributed by atoms with Crippen molar-refractivity contribution in [2.75, 3.05) is 0 Å². The Bertz CT molecular complexity index is 659. The van der Waals surface area contributed by atoms with Crippen molar-refractivity contribution in [3.8, 4) is 0 Å². The van der Waals surface area contributed by atoms with Crippen LogP contribution in [0.25, 0.3) is 0 Å². The Labute approximate surface area is 144 Å². The molecule has 1 heterocycles. The lowest BCUT2D eigenvalue weighted by molar-refractivity contribution is -0.143. The summed E-state index contributed by atoms with van der Waals surface area (Å²) in [5.74, 6) is -0.420. The summed E-state index contributed by atoms with van der Waals surface area (Å²) in [6.07, 6.45) is -0.225. The average molecular weight is 359 g/mol. The maximum atomic E-state index is 12.4. The molecule has 1 aromatic rings. The van der Waals surface area contributed by atoms with Gasteiger partial charge in [0.1, 0.15) is 0 Å². The molecule has 1 aromatic carbocycles. The Kier molecular flexibility index (Phi) is 5.32. The van der Waals surface area contributed by atoms with Gasteiger partial charge >= 0.3 is 5.97 Å². The van der Waals surface area contributed by atoms with Crippen molar-refractivity contribution in [3.63, 3.8) is 0 Å². The Morgan fingerprint density at radius 3 is 2.68 bits per heavy atom. The van der Waals surface area contributed by atoms with Gasteiger partial charge in [0.2, 0.25) is 0 Å². The number of rotatable bonds is 3. The topological polar surface area (TPSA) is 50.4 Å². The minimum absolute atomic E-state index is 0.225. The lowest BCUT2D eigenvalue weighted by atomic mass is 9.95. The molecule has 1 unspecified atom stereocenters. The van der Waals surface area contributed by atoms with Crippen LogP contribution in [0.1, 0.15) is 32.4 Å². The van der Waals surface area contributed by atoms with Gasteiger partial charge in [0, 0.05) is 5.70 Å². The highest BCUT2D eigenvalue weighted by atomic mass is 35.5. The zero-order chi connectivity index (χ0) is 16.4. The number of benzene rings is 1. The zero-order valence-electron chi connectivity index (χ0n) is 12.4. The van der Waals surface area contributed by atoms with Gasteiger partial charge < -0.3 is 15.4 Å². The molecule has 22 heavy (non-hydrogen) atoms. The van der Waals surface area contributed by atoms with Crippen LogP contribution in [0.2, 0.25) is 10.0 Å². The van der Waals surface area contributed by atoms with Crippen LogP contribution >= 0.6 is 35.4 Å². The van der Waals surface area contributed by atoms with Crippen molar-refractivity contribution in [3.05, 3.63) is 45.1 Å². The molecule has 0 saturated heterocycles. The van der Waals surface area contributed by atoms with Crippen molar-refractivity contribution in [2.45, 2.75) is 32.9 Å². The van der Waals surface area contributed by atoms with E-state index in [4.69, 9.17) is 40.2 Å². The van der Waals surface area contributed by atoms with Gasteiger partial charge in [0.25, 0.3) is 0 Å². The van der Waals surface area contributed by atoms with E-state index in [2.05, 4.69) is 10.6 Å². The molecular weight excluding hydrogens is 343 g/mol. The molecule has 0 fully saturated rings. The second kappa shape index (κ2) is 6.86. The molecule has 0 aliphatic carbocycles. The van der Waals surface area contributed by atoms with Crippen LogP contribution < -0.4 is 10.6 Å². The lowest BCUT2D eigenvalue weighted by Crippen LogP contribution is -2.45. The van der Waals surface area contributed by atoms with Gasteiger partial charge in [-0.2, -0.15) is 0 Å². The first-order valence-corrected chi connectivity index (χ1v) is 7.90. The zero-order valence-corrected chi connectivity index (χ0v) is 14.7. The summed E-state index contributed by atoms with van der Waals surface area (Å²) < 4.78 is 5.32. The quantitative estimate of drug-likeness (QED) is 0.636. The number of carbonyl (C=O) groups is 1. The van der Waals surface area contributed by atoms with Crippen LogP contribution in [-0.2, 0) is 9.53 Å². The first-order valence-electron chi connectivity index (χ1n) is 6.74. The summed E-state index contributed by atoms with van der Waals surface area (Å²) >= 11 is 17.5. The maximum Gasteiger partial charge on any atom is 0.338 e. The second-order valence-corrected chi connectivity index (χ2v) is 6.36. The monoisotopic (exact) mass is 358 g/mol. The predicted octanol–water partition coefficient (Wildman–Crippen LogP) is 3.74. The lowest BCUT2D eigenvalue weighted by Gasteiger charge is -2.30. The Balaban J connectivity index is 2.50. The summed E-state index contributed by atoms with van der Waals surface area (Å²) in [5, 5.41) is 7.21. The number of allylic oxidation sites excluding steroid dienone is 1. The minimum Gasteiger partial charge on any atom is -0.459 e. The molecule has 0 radical (unpaired) electrons. The maximum absolute atomic E-state index is 12.4. The van der Waals surface area contributed by atoms with E-state index in [1.807, 2.05) is 0 Å². The first kappa shape index (κ1) is 17.1. The number of hydrogen-bond donors (Lipinski definition) is 2. The molecule has 4 nitrogen and oxygen atoms in total. The molecule has 2 rings (SSSR count). The van der Waals surface area contributed by atoms with E-state index in [1.54, 1.807) is 39.0 Å². The highest BCUT2D eigenvalue weighted by Gasteiger charge is 2.32. The molecule has 0 bridgehead atoms. The molecule has 1 aliphatic heterocycles. The fourth-order valence-electron chi connectivity index (χ4n) is 2.22. The number of ether oxygens (including phenoxy) is 1. The third kappa shape index (κ3) is 3.54. The van der Waals surface area contributed by atoms with Crippen LogP contribution in [-0.4, -0.2) is 17.2 Å². The molecule has 118 valence electrons. The standard InChI is InChI=1S/C15H16Cl2N2O2S/c1-7(2)21-14(20)11-8(3)18-15(22)19-13(11)9-5-4-6-10(16)12(9)17/h4-7,13H,1-3H3,(H2,18,19,22). The van der Waals surface area contributed by atoms with Gasteiger partial charge in [0.05, 0.1) is 27.8 Å². The van der Waals surface area contributed by atoms with Gasteiger partial charge in [0.15, 0.2) is 5.11 Å². The van der Waals surface area contributed by atoms with Crippen LogP contribution in [0.4, 0.5) is 0 Å². The molecule has 1 aliphatic rings. The van der Waals surface area contributed by atoms with Crippen molar-refractivity contribution < 1.29 is 9.53 Å². The number of thiocarbonyl (C=S) groups is 1. The van der Waals surface area contributed by atoms with Crippen molar-refractivity contribution in [1.29, 1.82) is 0 Å². The highest BCUT2D eigenvalue weighted by Crippen LogP contribution is 2.35. The van der Waals surface area contributed by atoms with Gasteiger partial charge in [-0.25, -0.2) is 4.79 Å². The Hall–Kier alpha value is -1.30. The van der Waals surface area contributed by atoms with Gasteiger partial charge in [-0.3, -0.25) is 0 Å². The molecule has 1 atom stereocenters. The fraction of sp³-hybridized carbons (Fsp3) is 0.333. The summed E-state index contributed by atoms with van der Waals surface area (Å²) in [6.45, 7) is 5.36. The smallest absolute Gasteiger partial charge is 0.338 e. The fourth-order valence-corrected chi connectivity index (χ4v) is 2.91. The Morgan fingerprint density at radius 1 is 1.36 bits per heavy atom. The van der Waals surface area contributed by atoms with E-state index in [-0.39, 0.29) is 6.10 Å². The van der Waals surface area contributed by atoms with Gasteiger partial charge in [-0.1, -0.05) is 35.3 Å². The average Bonchev–Trinajstić information content (AvgIpc) is 2.39. The number of halogens is 2. The molecule has 0 saturated carbocycles. The Morgan fingerprint density at radius 2 is 2.05 bits per heavy atom. The molecule has 2 N–H and O–H groups in total. The van der Waals surface area contributed by atoms with Crippen molar-refractivity contribution >= 4 is 46.5 Å². The molecular formula is C15H16Cl2N2O2S. The van der Waals surface area contributed by atoms with Crippen molar-refractivity contribution in [2.24, 2.45) is 0 Å². The van der Waals surface area contributed by atoms with Gasteiger partial charge in [-0.05, 0) is 44.6 Å². The summed E-state index contributed by atoms with van der Waals surface area (Å²) in [6, 6.07) is 4.76.